The molecule has 5 nitrogen and oxygen atoms in total. The summed E-state index contributed by atoms with van der Waals surface area (Å²) >= 11 is 0. The molecule has 0 bridgehead atoms. The molecule has 0 aromatic carbocycles. The lowest BCUT2D eigenvalue weighted by molar-refractivity contribution is -0.117. The zero-order valence-corrected chi connectivity index (χ0v) is 11.3. The number of carbonyl (C=O) groups is 1. The van der Waals surface area contributed by atoms with Crippen LogP contribution in [0, 0.1) is 0 Å². The van der Waals surface area contributed by atoms with Crippen LogP contribution in [0.25, 0.3) is 0 Å². The van der Waals surface area contributed by atoms with Crippen LogP contribution in [-0.2, 0) is 9.53 Å². The molecule has 1 unspecified atom stereocenters. The van der Waals surface area contributed by atoms with Crippen molar-refractivity contribution >= 4 is 5.91 Å². The first-order valence-corrected chi connectivity index (χ1v) is 6.41. The van der Waals surface area contributed by atoms with E-state index in [1.165, 1.54) is 6.08 Å². The van der Waals surface area contributed by atoms with Gasteiger partial charge in [-0.1, -0.05) is 6.08 Å². The number of hydrogen-bond acceptors (Lipinski definition) is 4. The Morgan fingerprint density at radius 1 is 1.56 bits per heavy atom. The standard InChI is InChI=1S/C13H24N2O3/c1-15(2)9-3-5-12(16)14-8-7-13(17)6-4-10-18-11-13/h3,5,17H,4,6-11H2,1-2H3,(H,14,16)/b5-3+. The molecule has 1 fully saturated rings. The molecule has 0 aliphatic carbocycles. The minimum Gasteiger partial charge on any atom is -0.387 e. The summed E-state index contributed by atoms with van der Waals surface area (Å²) in [7, 11) is 3.89. The van der Waals surface area contributed by atoms with Gasteiger partial charge >= 0.3 is 0 Å². The number of likely N-dealkylation sites (N-methyl/N-ethyl adjacent to an activating group) is 1. The summed E-state index contributed by atoms with van der Waals surface area (Å²) in [6.45, 7) is 2.32. The number of aliphatic hydroxyl groups is 1. The van der Waals surface area contributed by atoms with Gasteiger partial charge in [0.05, 0.1) is 12.2 Å². The van der Waals surface area contributed by atoms with E-state index in [0.29, 0.717) is 19.6 Å². The molecular weight excluding hydrogens is 232 g/mol. The van der Waals surface area contributed by atoms with E-state index in [9.17, 15) is 9.90 Å². The quantitative estimate of drug-likeness (QED) is 0.664. The molecule has 1 atom stereocenters. The SMILES string of the molecule is CN(C)C/C=C/C(=O)NCCC1(O)CCCOC1. The van der Waals surface area contributed by atoms with Crippen LogP contribution in [0.5, 0.6) is 0 Å². The number of ether oxygens (including phenoxy) is 1. The Morgan fingerprint density at radius 3 is 2.94 bits per heavy atom. The van der Waals surface area contributed by atoms with Crippen molar-refractivity contribution in [2.24, 2.45) is 0 Å². The summed E-state index contributed by atoms with van der Waals surface area (Å²) in [6.07, 6.45) is 5.52. The summed E-state index contributed by atoms with van der Waals surface area (Å²) in [5.74, 6) is -0.114. The van der Waals surface area contributed by atoms with Gasteiger partial charge in [0.2, 0.25) is 5.91 Å². The Hall–Kier alpha value is -0.910. The average molecular weight is 256 g/mol. The Kier molecular flexibility index (Phi) is 6.32. The summed E-state index contributed by atoms with van der Waals surface area (Å²) in [5.41, 5.74) is -0.765. The topological polar surface area (TPSA) is 61.8 Å². The molecule has 5 heteroatoms. The van der Waals surface area contributed by atoms with Gasteiger partial charge in [-0.2, -0.15) is 0 Å². The van der Waals surface area contributed by atoms with Crippen molar-refractivity contribution in [3.63, 3.8) is 0 Å². The molecule has 2 N–H and O–H groups in total. The van der Waals surface area contributed by atoms with E-state index in [2.05, 4.69) is 5.32 Å². The Labute approximate surface area is 109 Å². The number of nitrogens with zero attached hydrogens (tertiary/aromatic N) is 1. The molecule has 1 aliphatic rings. The van der Waals surface area contributed by atoms with E-state index in [-0.39, 0.29) is 5.91 Å². The van der Waals surface area contributed by atoms with E-state index < -0.39 is 5.60 Å². The predicted molar refractivity (Wildman–Crippen MR) is 70.3 cm³/mol. The molecule has 104 valence electrons. The van der Waals surface area contributed by atoms with Crippen LogP contribution in [-0.4, -0.2) is 61.9 Å². The van der Waals surface area contributed by atoms with Crippen molar-refractivity contribution in [1.82, 2.24) is 10.2 Å². The molecule has 1 saturated heterocycles. The summed E-state index contributed by atoms with van der Waals surface area (Å²) < 4.78 is 5.25. The molecule has 0 aromatic heterocycles. The number of carbonyl (C=O) groups excluding carboxylic acids is 1. The predicted octanol–water partition coefficient (Wildman–Crippen LogP) is 0.152. The highest BCUT2D eigenvalue weighted by molar-refractivity contribution is 5.87. The number of hydrogen-bond donors (Lipinski definition) is 2. The molecule has 1 aliphatic heterocycles. The summed E-state index contributed by atoms with van der Waals surface area (Å²) in [4.78, 5) is 13.4. The maximum Gasteiger partial charge on any atom is 0.243 e. The molecule has 1 heterocycles. The fourth-order valence-corrected chi connectivity index (χ4v) is 1.88. The molecule has 18 heavy (non-hydrogen) atoms. The van der Waals surface area contributed by atoms with Gasteiger partial charge in [0, 0.05) is 25.8 Å². The van der Waals surface area contributed by atoms with Gasteiger partial charge in [0.25, 0.3) is 0 Å². The lowest BCUT2D eigenvalue weighted by Gasteiger charge is -2.31. The highest BCUT2D eigenvalue weighted by atomic mass is 16.5. The third kappa shape index (κ3) is 6.14. The van der Waals surface area contributed by atoms with Crippen molar-refractivity contribution in [1.29, 1.82) is 0 Å². The molecule has 0 aromatic rings. The fourth-order valence-electron chi connectivity index (χ4n) is 1.88. The molecule has 0 saturated carbocycles. The van der Waals surface area contributed by atoms with Crippen molar-refractivity contribution in [2.75, 3.05) is 40.4 Å². The van der Waals surface area contributed by atoms with Gasteiger partial charge in [-0.3, -0.25) is 4.79 Å². The van der Waals surface area contributed by atoms with Crippen LogP contribution < -0.4 is 5.32 Å². The second-order valence-electron chi connectivity index (χ2n) is 5.09. The van der Waals surface area contributed by atoms with E-state index in [1.807, 2.05) is 25.1 Å². The second kappa shape index (κ2) is 7.51. The van der Waals surface area contributed by atoms with E-state index in [4.69, 9.17) is 4.74 Å². The maximum atomic E-state index is 11.4. The van der Waals surface area contributed by atoms with Gasteiger partial charge in [-0.15, -0.1) is 0 Å². The molecular formula is C13H24N2O3. The van der Waals surface area contributed by atoms with Crippen LogP contribution in [0.3, 0.4) is 0 Å². The normalized spacial score (nSPS) is 24.7. The Balaban J connectivity index is 2.16. The summed E-state index contributed by atoms with van der Waals surface area (Å²) in [5, 5.41) is 12.9. The molecule has 1 amide bonds. The van der Waals surface area contributed by atoms with Crippen LogP contribution in [0.1, 0.15) is 19.3 Å². The largest absolute Gasteiger partial charge is 0.387 e. The van der Waals surface area contributed by atoms with Crippen molar-refractivity contribution in [3.8, 4) is 0 Å². The minimum absolute atomic E-state index is 0.114. The van der Waals surface area contributed by atoms with Gasteiger partial charge in [-0.05, 0) is 33.4 Å². The minimum atomic E-state index is -0.765. The number of rotatable bonds is 6. The Bertz CT molecular complexity index is 284. The molecule has 0 spiro atoms. The van der Waals surface area contributed by atoms with Crippen LogP contribution in [0.15, 0.2) is 12.2 Å². The highest BCUT2D eigenvalue weighted by Crippen LogP contribution is 2.21. The van der Waals surface area contributed by atoms with Gasteiger partial charge < -0.3 is 20.1 Å². The fraction of sp³-hybridized carbons (Fsp3) is 0.769. The zero-order valence-electron chi connectivity index (χ0n) is 11.3. The molecule has 0 radical (unpaired) electrons. The first-order valence-electron chi connectivity index (χ1n) is 6.41. The number of amides is 1. The van der Waals surface area contributed by atoms with Crippen molar-refractivity contribution in [3.05, 3.63) is 12.2 Å². The van der Waals surface area contributed by atoms with Crippen molar-refractivity contribution in [2.45, 2.75) is 24.9 Å². The van der Waals surface area contributed by atoms with Crippen molar-refractivity contribution < 1.29 is 14.6 Å². The van der Waals surface area contributed by atoms with Crippen LogP contribution in [0.2, 0.25) is 0 Å². The van der Waals surface area contributed by atoms with Crippen LogP contribution >= 0.6 is 0 Å². The zero-order chi connectivity index (χ0) is 13.4. The van der Waals surface area contributed by atoms with Gasteiger partial charge in [-0.25, -0.2) is 0 Å². The third-order valence-corrected chi connectivity index (χ3v) is 2.93. The van der Waals surface area contributed by atoms with Gasteiger partial charge in [0.1, 0.15) is 0 Å². The van der Waals surface area contributed by atoms with E-state index in [0.717, 1.165) is 26.0 Å². The third-order valence-electron chi connectivity index (χ3n) is 2.93. The molecule has 1 rings (SSSR count). The Morgan fingerprint density at radius 2 is 2.33 bits per heavy atom. The lowest BCUT2D eigenvalue weighted by atomic mass is 9.93. The maximum absolute atomic E-state index is 11.4. The van der Waals surface area contributed by atoms with Gasteiger partial charge in [0.15, 0.2) is 0 Å². The summed E-state index contributed by atoms with van der Waals surface area (Å²) in [6, 6.07) is 0. The lowest BCUT2D eigenvalue weighted by Crippen LogP contribution is -2.41. The number of nitrogens with one attached hydrogen (secondary N) is 1. The average Bonchev–Trinajstić information content (AvgIpc) is 2.29. The first kappa shape index (κ1) is 15.1. The van der Waals surface area contributed by atoms with E-state index in [1.54, 1.807) is 0 Å². The highest BCUT2D eigenvalue weighted by Gasteiger charge is 2.29. The monoisotopic (exact) mass is 256 g/mol. The first-order chi connectivity index (χ1) is 8.52. The van der Waals surface area contributed by atoms with E-state index >= 15 is 0 Å². The van der Waals surface area contributed by atoms with Crippen LogP contribution in [0.4, 0.5) is 0 Å². The smallest absolute Gasteiger partial charge is 0.243 e. The second-order valence-corrected chi connectivity index (χ2v) is 5.09.